The number of methoxy groups -OCH3 is 2. The maximum Gasteiger partial charge on any atom is 0.125 e. The van der Waals surface area contributed by atoms with E-state index in [0.29, 0.717) is 17.1 Å². The fourth-order valence-corrected chi connectivity index (χ4v) is 2.41. The third-order valence-corrected chi connectivity index (χ3v) is 4.10. The first-order valence-electron chi connectivity index (χ1n) is 6.23. The molecule has 1 unspecified atom stereocenters. The lowest BCUT2D eigenvalue weighted by Gasteiger charge is -2.17. The van der Waals surface area contributed by atoms with Gasteiger partial charge in [0.25, 0.3) is 0 Å². The Balaban J connectivity index is 2.45. The van der Waals surface area contributed by atoms with E-state index in [1.165, 1.54) is 0 Å². The molecular weight excluding hydrogens is 320 g/mol. The first-order chi connectivity index (χ1) is 9.56. The highest BCUT2D eigenvalue weighted by molar-refractivity contribution is 9.10. The number of hydrogen-bond donors (Lipinski definition) is 1. The summed E-state index contributed by atoms with van der Waals surface area (Å²) in [7, 11) is 3.18. The highest BCUT2D eigenvalue weighted by atomic mass is 79.9. The number of aliphatic hydroxyl groups excluding tert-OH is 1. The SMILES string of the molecule is COc1ccc(OC)c(C(O)c2ccc(C)c(Br)c2)c1. The van der Waals surface area contributed by atoms with Crippen LogP contribution in [-0.2, 0) is 0 Å². The van der Waals surface area contributed by atoms with E-state index in [0.717, 1.165) is 15.6 Å². The van der Waals surface area contributed by atoms with Gasteiger partial charge in [-0.2, -0.15) is 0 Å². The van der Waals surface area contributed by atoms with Crippen LogP contribution in [0.1, 0.15) is 22.8 Å². The van der Waals surface area contributed by atoms with Crippen LogP contribution in [0, 0.1) is 6.92 Å². The molecule has 0 aliphatic carbocycles. The minimum Gasteiger partial charge on any atom is -0.497 e. The van der Waals surface area contributed by atoms with Gasteiger partial charge >= 0.3 is 0 Å². The molecule has 0 aliphatic heterocycles. The van der Waals surface area contributed by atoms with E-state index in [-0.39, 0.29) is 0 Å². The molecule has 0 heterocycles. The van der Waals surface area contributed by atoms with Crippen molar-refractivity contribution in [1.82, 2.24) is 0 Å². The van der Waals surface area contributed by atoms with Crippen molar-refractivity contribution in [1.29, 1.82) is 0 Å². The third-order valence-electron chi connectivity index (χ3n) is 3.24. The average Bonchev–Trinajstić information content (AvgIpc) is 2.48. The minimum absolute atomic E-state index is 0.634. The Morgan fingerprint density at radius 2 is 1.80 bits per heavy atom. The zero-order chi connectivity index (χ0) is 14.7. The summed E-state index contributed by atoms with van der Waals surface area (Å²) in [4.78, 5) is 0. The Bertz CT molecular complexity index is 611. The van der Waals surface area contributed by atoms with Crippen LogP contribution in [0.4, 0.5) is 0 Å². The summed E-state index contributed by atoms with van der Waals surface area (Å²) in [5.74, 6) is 1.32. The number of aliphatic hydroxyl groups is 1. The number of ether oxygens (including phenoxy) is 2. The predicted molar refractivity (Wildman–Crippen MR) is 82.5 cm³/mol. The van der Waals surface area contributed by atoms with Crippen LogP contribution in [0.5, 0.6) is 11.5 Å². The number of hydrogen-bond acceptors (Lipinski definition) is 3. The van der Waals surface area contributed by atoms with Crippen molar-refractivity contribution < 1.29 is 14.6 Å². The van der Waals surface area contributed by atoms with E-state index >= 15 is 0 Å². The Labute approximate surface area is 127 Å². The van der Waals surface area contributed by atoms with Gasteiger partial charge in [-0.1, -0.05) is 28.1 Å². The van der Waals surface area contributed by atoms with Crippen molar-refractivity contribution in [3.05, 3.63) is 57.6 Å². The van der Waals surface area contributed by atoms with Crippen LogP contribution in [0.2, 0.25) is 0 Å². The first kappa shape index (κ1) is 14.9. The summed E-state index contributed by atoms with van der Waals surface area (Å²) in [6.45, 7) is 2.01. The van der Waals surface area contributed by atoms with Crippen LogP contribution < -0.4 is 9.47 Å². The van der Waals surface area contributed by atoms with Gasteiger partial charge in [-0.25, -0.2) is 0 Å². The monoisotopic (exact) mass is 336 g/mol. The molecule has 106 valence electrons. The molecule has 0 spiro atoms. The largest absolute Gasteiger partial charge is 0.497 e. The molecule has 2 rings (SSSR count). The highest BCUT2D eigenvalue weighted by Crippen LogP contribution is 2.34. The van der Waals surface area contributed by atoms with Gasteiger partial charge in [-0.05, 0) is 42.3 Å². The van der Waals surface area contributed by atoms with Crippen molar-refractivity contribution in [2.75, 3.05) is 14.2 Å². The second-order valence-corrected chi connectivity index (χ2v) is 5.37. The number of benzene rings is 2. The zero-order valence-electron chi connectivity index (χ0n) is 11.7. The molecule has 0 aliphatic rings. The normalized spacial score (nSPS) is 12.1. The molecule has 0 amide bonds. The third kappa shape index (κ3) is 2.97. The summed E-state index contributed by atoms with van der Waals surface area (Å²) in [6.07, 6.45) is -0.767. The standard InChI is InChI=1S/C16H17BrO3/c1-10-4-5-11(8-14(10)17)16(18)13-9-12(19-2)6-7-15(13)20-3/h4-9,16,18H,1-3H3. The van der Waals surface area contributed by atoms with Gasteiger partial charge < -0.3 is 14.6 Å². The predicted octanol–water partition coefficient (Wildman–Crippen LogP) is 3.86. The number of halogens is 1. The lowest BCUT2D eigenvalue weighted by atomic mass is 9.99. The molecule has 1 N–H and O–H groups in total. The molecule has 4 heteroatoms. The van der Waals surface area contributed by atoms with E-state index in [2.05, 4.69) is 15.9 Å². The average molecular weight is 337 g/mol. The molecule has 0 aromatic heterocycles. The van der Waals surface area contributed by atoms with Crippen molar-refractivity contribution in [2.24, 2.45) is 0 Å². The molecular formula is C16H17BrO3. The van der Waals surface area contributed by atoms with Crippen molar-refractivity contribution in [3.8, 4) is 11.5 Å². The molecule has 2 aromatic carbocycles. The van der Waals surface area contributed by atoms with Crippen molar-refractivity contribution >= 4 is 15.9 Å². The van der Waals surface area contributed by atoms with Crippen LogP contribution >= 0.6 is 15.9 Å². The van der Waals surface area contributed by atoms with Gasteiger partial charge in [-0.15, -0.1) is 0 Å². The van der Waals surface area contributed by atoms with Gasteiger partial charge in [0.2, 0.25) is 0 Å². The molecule has 20 heavy (non-hydrogen) atoms. The number of rotatable bonds is 4. The van der Waals surface area contributed by atoms with E-state index < -0.39 is 6.10 Å². The van der Waals surface area contributed by atoms with Crippen molar-refractivity contribution in [2.45, 2.75) is 13.0 Å². The Kier molecular flexibility index (Phi) is 4.68. The molecule has 0 saturated carbocycles. The minimum atomic E-state index is -0.767. The van der Waals surface area contributed by atoms with Gasteiger partial charge in [0, 0.05) is 10.0 Å². The highest BCUT2D eigenvalue weighted by Gasteiger charge is 2.17. The lowest BCUT2D eigenvalue weighted by Crippen LogP contribution is -2.03. The first-order valence-corrected chi connectivity index (χ1v) is 7.02. The summed E-state index contributed by atoms with van der Waals surface area (Å²) in [5.41, 5.74) is 2.61. The van der Waals surface area contributed by atoms with Crippen LogP contribution in [0.15, 0.2) is 40.9 Å². The Morgan fingerprint density at radius 1 is 1.05 bits per heavy atom. The zero-order valence-corrected chi connectivity index (χ0v) is 13.3. The Hall–Kier alpha value is -1.52. The molecule has 1 atom stereocenters. The fourth-order valence-electron chi connectivity index (χ4n) is 2.01. The lowest BCUT2D eigenvalue weighted by molar-refractivity contribution is 0.214. The summed E-state index contributed by atoms with van der Waals surface area (Å²) >= 11 is 3.48. The molecule has 0 saturated heterocycles. The van der Waals surface area contributed by atoms with Crippen molar-refractivity contribution in [3.63, 3.8) is 0 Å². The van der Waals surface area contributed by atoms with E-state index in [1.807, 2.05) is 25.1 Å². The second kappa shape index (κ2) is 6.29. The fraction of sp³-hybridized carbons (Fsp3) is 0.250. The molecule has 0 radical (unpaired) electrons. The van der Waals surface area contributed by atoms with Gasteiger partial charge in [-0.3, -0.25) is 0 Å². The van der Waals surface area contributed by atoms with Crippen LogP contribution in [0.25, 0.3) is 0 Å². The maximum atomic E-state index is 10.6. The summed E-state index contributed by atoms with van der Waals surface area (Å²) in [6, 6.07) is 11.2. The van der Waals surface area contributed by atoms with E-state index in [1.54, 1.807) is 32.4 Å². The Morgan fingerprint density at radius 3 is 2.40 bits per heavy atom. The molecule has 0 fully saturated rings. The molecule has 0 bridgehead atoms. The van der Waals surface area contributed by atoms with E-state index in [9.17, 15) is 5.11 Å². The van der Waals surface area contributed by atoms with Gasteiger partial charge in [0.15, 0.2) is 0 Å². The number of aryl methyl sites for hydroxylation is 1. The summed E-state index contributed by atoms with van der Waals surface area (Å²) in [5, 5.41) is 10.6. The van der Waals surface area contributed by atoms with E-state index in [4.69, 9.17) is 9.47 Å². The summed E-state index contributed by atoms with van der Waals surface area (Å²) < 4.78 is 11.5. The second-order valence-electron chi connectivity index (χ2n) is 4.52. The van der Waals surface area contributed by atoms with Crippen LogP contribution in [-0.4, -0.2) is 19.3 Å². The smallest absolute Gasteiger partial charge is 0.125 e. The van der Waals surface area contributed by atoms with Gasteiger partial charge in [0.05, 0.1) is 14.2 Å². The maximum absolute atomic E-state index is 10.6. The molecule has 2 aromatic rings. The topological polar surface area (TPSA) is 38.7 Å². The quantitative estimate of drug-likeness (QED) is 0.921. The molecule has 3 nitrogen and oxygen atoms in total. The van der Waals surface area contributed by atoms with Gasteiger partial charge in [0.1, 0.15) is 17.6 Å². The van der Waals surface area contributed by atoms with Crippen LogP contribution in [0.3, 0.4) is 0 Å².